The Bertz CT molecular complexity index is 185. The molecule has 1 heterocycles. The van der Waals surface area contributed by atoms with Gasteiger partial charge in [0.05, 0.1) is 5.75 Å². The third-order valence-electron chi connectivity index (χ3n) is 1.89. The zero-order chi connectivity index (χ0) is 8.97. The summed E-state index contributed by atoms with van der Waals surface area (Å²) < 4.78 is 16.6. The molecule has 1 aliphatic heterocycles. The summed E-state index contributed by atoms with van der Waals surface area (Å²) in [5.74, 6) is 0.227. The Morgan fingerprint density at radius 3 is 2.58 bits per heavy atom. The van der Waals surface area contributed by atoms with E-state index in [0.717, 1.165) is 12.8 Å². The highest BCUT2D eigenvalue weighted by Gasteiger charge is 2.20. The van der Waals surface area contributed by atoms with Gasteiger partial charge >= 0.3 is 0 Å². The third-order valence-corrected chi connectivity index (χ3v) is 3.79. The molecule has 1 aliphatic rings. The number of carbonyl (C=O) groups excluding carboxylic acids is 1. The Balaban J connectivity index is 2.34. The summed E-state index contributed by atoms with van der Waals surface area (Å²) >= 11 is 0. The summed E-state index contributed by atoms with van der Waals surface area (Å²) in [5.41, 5.74) is 0. The van der Waals surface area contributed by atoms with E-state index < -0.39 is 10.8 Å². The molecule has 0 aromatic carbocycles. The molecule has 0 N–H and O–H groups in total. The van der Waals surface area contributed by atoms with E-state index in [1.54, 1.807) is 0 Å². The van der Waals surface area contributed by atoms with Gasteiger partial charge in [0.25, 0.3) is 0 Å². The normalized spacial score (nSPS) is 22.1. The largest absolute Gasteiger partial charge is 0.381 e. The van der Waals surface area contributed by atoms with Gasteiger partial charge in [-0.2, -0.15) is 0 Å². The van der Waals surface area contributed by atoms with Gasteiger partial charge in [-0.15, -0.1) is 0 Å². The average Bonchev–Trinajstić information content (AvgIpc) is 2.05. The predicted molar refractivity (Wildman–Crippen MR) is 47.5 cm³/mol. The number of rotatable bonds is 3. The van der Waals surface area contributed by atoms with Crippen LogP contribution in [0.15, 0.2) is 0 Å². The van der Waals surface area contributed by atoms with Crippen LogP contribution in [-0.2, 0) is 20.3 Å². The van der Waals surface area contributed by atoms with E-state index in [9.17, 15) is 9.00 Å². The van der Waals surface area contributed by atoms with Crippen LogP contribution < -0.4 is 0 Å². The summed E-state index contributed by atoms with van der Waals surface area (Å²) in [5, 5.41) is 0.183. The number of hydrogen-bond acceptors (Lipinski definition) is 3. The second-order valence-electron chi connectivity index (χ2n) is 3.04. The zero-order valence-electron chi connectivity index (χ0n) is 7.25. The summed E-state index contributed by atoms with van der Waals surface area (Å²) in [6.07, 6.45) is 1.67. The van der Waals surface area contributed by atoms with Crippen molar-refractivity contribution in [2.45, 2.75) is 25.0 Å². The minimum atomic E-state index is -0.966. The SMILES string of the molecule is CC(=O)CS(=O)C1CCOCC1. The van der Waals surface area contributed by atoms with Gasteiger partial charge in [-0.3, -0.25) is 9.00 Å². The van der Waals surface area contributed by atoms with Crippen LogP contribution in [0, 0.1) is 0 Å². The zero-order valence-corrected chi connectivity index (χ0v) is 8.06. The fraction of sp³-hybridized carbons (Fsp3) is 0.875. The van der Waals surface area contributed by atoms with Crippen LogP contribution in [0.25, 0.3) is 0 Å². The minimum Gasteiger partial charge on any atom is -0.381 e. The number of hydrogen-bond donors (Lipinski definition) is 0. The first-order valence-electron chi connectivity index (χ1n) is 4.14. The predicted octanol–water partition coefficient (Wildman–Crippen LogP) is 0.503. The summed E-state index contributed by atoms with van der Waals surface area (Å²) in [6, 6.07) is 0. The van der Waals surface area contributed by atoms with Crippen molar-refractivity contribution >= 4 is 16.6 Å². The quantitative estimate of drug-likeness (QED) is 0.651. The van der Waals surface area contributed by atoms with E-state index in [0.29, 0.717) is 13.2 Å². The molecule has 0 aromatic rings. The van der Waals surface area contributed by atoms with E-state index in [1.165, 1.54) is 6.92 Å². The number of ketones is 1. The van der Waals surface area contributed by atoms with Gasteiger partial charge in [0.2, 0.25) is 0 Å². The van der Waals surface area contributed by atoms with Crippen LogP contribution in [0.3, 0.4) is 0 Å². The Hall–Kier alpha value is -0.220. The first kappa shape index (κ1) is 9.86. The first-order valence-corrected chi connectivity index (χ1v) is 5.52. The van der Waals surface area contributed by atoms with Gasteiger partial charge in [0.1, 0.15) is 5.78 Å². The highest BCUT2D eigenvalue weighted by atomic mass is 32.2. The Morgan fingerprint density at radius 2 is 2.08 bits per heavy atom. The lowest BCUT2D eigenvalue weighted by molar-refractivity contribution is -0.114. The lowest BCUT2D eigenvalue weighted by atomic mass is 10.2. The Kier molecular flexibility index (Phi) is 3.88. The maximum absolute atomic E-state index is 11.4. The van der Waals surface area contributed by atoms with Crippen molar-refractivity contribution in [1.82, 2.24) is 0 Å². The molecular weight excluding hydrogens is 176 g/mol. The molecule has 0 aliphatic carbocycles. The minimum absolute atomic E-state index is 0.0137. The topological polar surface area (TPSA) is 43.4 Å². The molecule has 12 heavy (non-hydrogen) atoms. The molecule has 1 unspecified atom stereocenters. The van der Waals surface area contributed by atoms with Gasteiger partial charge in [0.15, 0.2) is 0 Å². The smallest absolute Gasteiger partial charge is 0.142 e. The second kappa shape index (κ2) is 4.72. The molecule has 3 nitrogen and oxygen atoms in total. The average molecular weight is 190 g/mol. The van der Waals surface area contributed by atoms with E-state index in [2.05, 4.69) is 0 Å². The molecule has 0 amide bonds. The summed E-state index contributed by atoms with van der Waals surface area (Å²) in [7, 11) is -0.966. The van der Waals surface area contributed by atoms with Gasteiger partial charge in [-0.05, 0) is 19.8 Å². The molecule has 0 spiro atoms. The summed E-state index contributed by atoms with van der Waals surface area (Å²) in [4.78, 5) is 10.7. The van der Waals surface area contributed by atoms with Gasteiger partial charge in [0, 0.05) is 29.3 Å². The molecule has 70 valence electrons. The van der Waals surface area contributed by atoms with Crippen molar-refractivity contribution in [1.29, 1.82) is 0 Å². The maximum Gasteiger partial charge on any atom is 0.142 e. The van der Waals surface area contributed by atoms with Crippen LogP contribution in [0.1, 0.15) is 19.8 Å². The fourth-order valence-electron chi connectivity index (χ4n) is 1.26. The molecule has 1 fully saturated rings. The molecule has 0 saturated carbocycles. The lowest BCUT2D eigenvalue weighted by Gasteiger charge is -2.20. The van der Waals surface area contributed by atoms with Crippen LogP contribution in [0.5, 0.6) is 0 Å². The van der Waals surface area contributed by atoms with E-state index in [4.69, 9.17) is 4.74 Å². The molecule has 1 saturated heterocycles. The maximum atomic E-state index is 11.4. The molecule has 0 aromatic heterocycles. The molecule has 0 bridgehead atoms. The standard InChI is InChI=1S/C8H14O3S/c1-7(9)6-12(10)8-2-4-11-5-3-8/h8H,2-6H2,1H3. The van der Waals surface area contributed by atoms with Crippen LogP contribution in [0.4, 0.5) is 0 Å². The number of carbonyl (C=O) groups is 1. The van der Waals surface area contributed by atoms with E-state index in [1.807, 2.05) is 0 Å². The molecule has 4 heteroatoms. The van der Waals surface area contributed by atoms with Crippen molar-refractivity contribution in [3.63, 3.8) is 0 Å². The lowest BCUT2D eigenvalue weighted by Crippen LogP contribution is -2.27. The van der Waals surface area contributed by atoms with Crippen molar-refractivity contribution in [2.24, 2.45) is 0 Å². The molecule has 1 rings (SSSR count). The summed E-state index contributed by atoms with van der Waals surface area (Å²) in [6.45, 7) is 2.86. The van der Waals surface area contributed by atoms with Crippen molar-refractivity contribution in [3.05, 3.63) is 0 Å². The monoisotopic (exact) mass is 190 g/mol. The third kappa shape index (κ3) is 3.03. The molecular formula is C8H14O3S. The van der Waals surface area contributed by atoms with Crippen molar-refractivity contribution in [3.8, 4) is 0 Å². The van der Waals surface area contributed by atoms with E-state index in [-0.39, 0.29) is 16.8 Å². The van der Waals surface area contributed by atoms with Crippen LogP contribution >= 0.6 is 0 Å². The van der Waals surface area contributed by atoms with Crippen molar-refractivity contribution < 1.29 is 13.7 Å². The number of Topliss-reactive ketones (excluding diaryl/α,β-unsaturated/α-hetero) is 1. The van der Waals surface area contributed by atoms with Gasteiger partial charge in [-0.25, -0.2) is 0 Å². The van der Waals surface area contributed by atoms with Crippen molar-refractivity contribution in [2.75, 3.05) is 19.0 Å². The number of ether oxygens (including phenoxy) is 1. The van der Waals surface area contributed by atoms with Gasteiger partial charge in [-0.1, -0.05) is 0 Å². The van der Waals surface area contributed by atoms with E-state index >= 15 is 0 Å². The molecule has 0 radical (unpaired) electrons. The van der Waals surface area contributed by atoms with Crippen LogP contribution in [0.2, 0.25) is 0 Å². The Morgan fingerprint density at radius 1 is 1.50 bits per heavy atom. The van der Waals surface area contributed by atoms with Crippen LogP contribution in [-0.4, -0.2) is 34.2 Å². The highest BCUT2D eigenvalue weighted by Crippen LogP contribution is 2.13. The fourth-order valence-corrected chi connectivity index (χ4v) is 2.61. The Labute approximate surface area is 74.9 Å². The highest BCUT2D eigenvalue weighted by molar-refractivity contribution is 7.86. The first-order chi connectivity index (χ1) is 5.70. The second-order valence-corrected chi connectivity index (χ2v) is 4.76. The molecule has 1 atom stereocenters. The van der Waals surface area contributed by atoms with Gasteiger partial charge < -0.3 is 4.74 Å².